The lowest BCUT2D eigenvalue weighted by Crippen LogP contribution is -2.19. The Bertz CT molecular complexity index is 440. The van der Waals surface area contributed by atoms with Gasteiger partial charge in [-0.15, -0.1) is 11.6 Å². The van der Waals surface area contributed by atoms with Crippen LogP contribution in [0.2, 0.25) is 0 Å². The largest absolute Gasteiger partial charge is 0.389 e. The Morgan fingerprint density at radius 1 is 1.25 bits per heavy atom. The molecule has 0 fully saturated rings. The van der Waals surface area contributed by atoms with Crippen LogP contribution >= 0.6 is 11.6 Å². The molecule has 1 aromatic carbocycles. The monoisotopic (exact) mass is 264 g/mol. The first kappa shape index (κ1) is 13.4. The van der Waals surface area contributed by atoms with Crippen molar-refractivity contribution < 1.29 is 18.6 Å². The summed E-state index contributed by atoms with van der Waals surface area (Å²) in [6.07, 6.45) is -1.07. The molecule has 0 aliphatic carbocycles. The maximum absolute atomic E-state index is 11.2. The third-order valence-electron chi connectivity index (χ3n) is 2.17. The van der Waals surface area contributed by atoms with Crippen LogP contribution in [-0.4, -0.2) is 36.9 Å². The molecule has 1 aromatic rings. The van der Waals surface area contributed by atoms with E-state index in [1.807, 2.05) is 0 Å². The molecule has 0 saturated carbocycles. The van der Waals surface area contributed by atoms with Gasteiger partial charge in [-0.3, -0.25) is 0 Å². The van der Waals surface area contributed by atoms with Crippen molar-refractivity contribution in [3.63, 3.8) is 0 Å². The van der Waals surface area contributed by atoms with Crippen molar-refractivity contribution >= 4 is 21.4 Å². The van der Waals surface area contributed by atoms with Crippen molar-refractivity contribution in [2.45, 2.75) is 17.1 Å². The third-order valence-corrected chi connectivity index (χ3v) is 3.62. The number of halogens is 1. The van der Waals surface area contributed by atoms with Crippen molar-refractivity contribution in [2.24, 2.45) is 0 Å². The maximum atomic E-state index is 11.2. The standard InChI is InChI=1S/C10H13ClO4S/c1-16(14,15)8-4-2-7(3-5-8)10(13)9(12)6-11/h2-5,9-10,12-13H,6H2,1H3. The first-order chi connectivity index (χ1) is 7.36. The highest BCUT2D eigenvalue weighted by Gasteiger charge is 2.17. The van der Waals surface area contributed by atoms with E-state index in [-0.39, 0.29) is 10.8 Å². The Labute approximate surface area is 99.4 Å². The molecular formula is C10H13ClO4S. The van der Waals surface area contributed by atoms with E-state index in [4.69, 9.17) is 11.6 Å². The number of benzene rings is 1. The molecule has 0 bridgehead atoms. The minimum atomic E-state index is -3.24. The molecule has 2 atom stereocenters. The highest BCUT2D eigenvalue weighted by atomic mass is 35.5. The molecule has 0 aliphatic rings. The van der Waals surface area contributed by atoms with Crippen LogP contribution in [0.4, 0.5) is 0 Å². The third kappa shape index (κ3) is 3.18. The minimum absolute atomic E-state index is 0.0883. The van der Waals surface area contributed by atoms with Gasteiger partial charge in [-0.1, -0.05) is 12.1 Å². The van der Waals surface area contributed by atoms with Gasteiger partial charge in [0.05, 0.1) is 16.9 Å². The van der Waals surface area contributed by atoms with Crippen molar-refractivity contribution in [2.75, 3.05) is 12.1 Å². The van der Waals surface area contributed by atoms with Crippen molar-refractivity contribution in [3.8, 4) is 0 Å². The fourth-order valence-electron chi connectivity index (χ4n) is 1.22. The molecule has 0 radical (unpaired) electrons. The first-order valence-electron chi connectivity index (χ1n) is 4.58. The number of rotatable bonds is 4. The topological polar surface area (TPSA) is 74.6 Å². The van der Waals surface area contributed by atoms with Crippen LogP contribution in [0, 0.1) is 0 Å². The van der Waals surface area contributed by atoms with E-state index in [1.54, 1.807) is 0 Å². The van der Waals surface area contributed by atoms with Crippen LogP contribution < -0.4 is 0 Å². The van der Waals surface area contributed by atoms with Gasteiger partial charge in [-0.05, 0) is 17.7 Å². The molecule has 2 N–H and O–H groups in total. The van der Waals surface area contributed by atoms with E-state index in [2.05, 4.69) is 0 Å². The van der Waals surface area contributed by atoms with Crippen LogP contribution in [0.25, 0.3) is 0 Å². The van der Waals surface area contributed by atoms with Crippen LogP contribution in [0.5, 0.6) is 0 Å². The fraction of sp³-hybridized carbons (Fsp3) is 0.400. The quantitative estimate of drug-likeness (QED) is 0.786. The van der Waals surface area contributed by atoms with E-state index in [0.717, 1.165) is 6.26 Å². The van der Waals surface area contributed by atoms with E-state index >= 15 is 0 Å². The Morgan fingerprint density at radius 2 is 1.75 bits per heavy atom. The van der Waals surface area contributed by atoms with Crippen molar-refractivity contribution in [1.29, 1.82) is 0 Å². The van der Waals surface area contributed by atoms with Crippen molar-refractivity contribution in [1.82, 2.24) is 0 Å². The molecule has 0 amide bonds. The highest BCUT2D eigenvalue weighted by Crippen LogP contribution is 2.19. The van der Waals surface area contributed by atoms with Gasteiger partial charge in [0.2, 0.25) is 0 Å². The van der Waals surface area contributed by atoms with Crippen LogP contribution in [0.1, 0.15) is 11.7 Å². The van der Waals surface area contributed by atoms with E-state index in [0.29, 0.717) is 5.56 Å². The second-order valence-electron chi connectivity index (χ2n) is 3.51. The predicted octanol–water partition coefficient (Wildman–Crippen LogP) is 0.723. The average molecular weight is 265 g/mol. The summed E-state index contributed by atoms with van der Waals surface area (Å²) < 4.78 is 22.3. The first-order valence-corrected chi connectivity index (χ1v) is 7.01. The lowest BCUT2D eigenvalue weighted by atomic mass is 10.1. The van der Waals surface area contributed by atoms with E-state index in [9.17, 15) is 18.6 Å². The smallest absolute Gasteiger partial charge is 0.175 e. The summed E-state index contributed by atoms with van der Waals surface area (Å²) in [6.45, 7) is 0. The predicted molar refractivity (Wildman–Crippen MR) is 61.2 cm³/mol. The summed E-state index contributed by atoms with van der Waals surface area (Å²) in [5, 5.41) is 18.9. The summed E-state index contributed by atoms with van der Waals surface area (Å²) >= 11 is 5.39. The summed E-state index contributed by atoms with van der Waals surface area (Å²) in [5.41, 5.74) is 0.431. The Balaban J connectivity index is 2.96. The molecule has 0 aromatic heterocycles. The number of alkyl halides is 1. The second kappa shape index (κ2) is 5.14. The molecular weight excluding hydrogens is 252 g/mol. The molecule has 16 heavy (non-hydrogen) atoms. The van der Waals surface area contributed by atoms with E-state index in [1.165, 1.54) is 24.3 Å². The average Bonchev–Trinajstić information content (AvgIpc) is 2.26. The Hall–Kier alpha value is -0.620. The molecule has 4 nitrogen and oxygen atoms in total. The fourth-order valence-corrected chi connectivity index (χ4v) is 2.02. The van der Waals surface area contributed by atoms with Gasteiger partial charge in [-0.2, -0.15) is 0 Å². The van der Waals surface area contributed by atoms with Crippen LogP contribution in [0.15, 0.2) is 29.2 Å². The summed E-state index contributed by atoms with van der Waals surface area (Å²) in [4.78, 5) is 0.170. The van der Waals surface area contributed by atoms with Gasteiger partial charge in [-0.25, -0.2) is 8.42 Å². The zero-order valence-electron chi connectivity index (χ0n) is 8.67. The zero-order chi connectivity index (χ0) is 12.3. The van der Waals surface area contributed by atoms with Crippen LogP contribution in [0.3, 0.4) is 0 Å². The number of sulfone groups is 1. The molecule has 2 unspecified atom stereocenters. The summed E-state index contributed by atoms with van der Waals surface area (Å²) in [5.74, 6) is -0.0883. The highest BCUT2D eigenvalue weighted by molar-refractivity contribution is 7.90. The minimum Gasteiger partial charge on any atom is -0.389 e. The van der Waals surface area contributed by atoms with Gasteiger partial charge < -0.3 is 10.2 Å². The zero-order valence-corrected chi connectivity index (χ0v) is 10.2. The van der Waals surface area contributed by atoms with Gasteiger partial charge >= 0.3 is 0 Å². The van der Waals surface area contributed by atoms with Gasteiger partial charge in [0.25, 0.3) is 0 Å². The Morgan fingerprint density at radius 3 is 2.12 bits per heavy atom. The summed E-state index contributed by atoms with van der Waals surface area (Å²) in [7, 11) is -3.24. The Kier molecular flexibility index (Phi) is 4.32. The molecule has 0 heterocycles. The van der Waals surface area contributed by atoms with Gasteiger partial charge in [0.1, 0.15) is 6.10 Å². The lowest BCUT2D eigenvalue weighted by molar-refractivity contribution is 0.0327. The van der Waals surface area contributed by atoms with Crippen LogP contribution in [-0.2, 0) is 9.84 Å². The van der Waals surface area contributed by atoms with Gasteiger partial charge in [0.15, 0.2) is 9.84 Å². The molecule has 0 spiro atoms. The molecule has 0 saturated heterocycles. The summed E-state index contributed by atoms with van der Waals surface area (Å²) in [6, 6.07) is 5.68. The lowest BCUT2D eigenvalue weighted by Gasteiger charge is -2.15. The second-order valence-corrected chi connectivity index (χ2v) is 5.83. The number of hydrogen-bond acceptors (Lipinski definition) is 4. The molecule has 6 heteroatoms. The van der Waals surface area contributed by atoms with Crippen molar-refractivity contribution in [3.05, 3.63) is 29.8 Å². The number of hydrogen-bond donors (Lipinski definition) is 2. The normalized spacial score (nSPS) is 15.8. The number of aliphatic hydroxyl groups excluding tert-OH is 2. The number of aliphatic hydroxyl groups is 2. The maximum Gasteiger partial charge on any atom is 0.175 e. The van der Waals surface area contributed by atoms with E-state index < -0.39 is 22.0 Å². The molecule has 1 rings (SSSR count). The SMILES string of the molecule is CS(=O)(=O)c1ccc(C(O)C(O)CCl)cc1. The van der Waals surface area contributed by atoms with Gasteiger partial charge in [0, 0.05) is 6.26 Å². The molecule has 0 aliphatic heterocycles. The molecule has 90 valence electrons.